The molecule has 0 radical (unpaired) electrons. The average molecular weight is 463 g/mol. The number of hydrogen-bond donors (Lipinski definition) is 3. The molecule has 0 bridgehead atoms. The zero-order valence-corrected chi connectivity index (χ0v) is 19.5. The largest absolute Gasteiger partial charge is 0.478 e. The molecule has 170 valence electrons. The Morgan fingerprint density at radius 2 is 1.61 bits per heavy atom. The quantitative estimate of drug-likeness (QED) is 0.370. The standard InChI is InChI=1S/C26H26N2O4S/c1-4-23(25(30)28-22-14-19(26(31)32)13-10-17(22)3)33-21-7-5-6-20(15-21)27-24(29)18-11-8-16(2)9-12-18/h5-15,23H,4H2,1-3H3,(H,27,29)(H,28,30)(H,31,32). The maximum absolute atomic E-state index is 12.9. The molecule has 33 heavy (non-hydrogen) atoms. The summed E-state index contributed by atoms with van der Waals surface area (Å²) in [5.41, 5.74) is 3.69. The SMILES string of the molecule is CCC(Sc1cccc(NC(=O)c2ccc(C)cc2)c1)C(=O)Nc1cc(C(=O)O)ccc1C. The lowest BCUT2D eigenvalue weighted by Crippen LogP contribution is -2.25. The molecule has 3 aromatic rings. The van der Waals surface area contributed by atoms with Crippen molar-refractivity contribution in [2.75, 3.05) is 10.6 Å². The number of rotatable bonds is 8. The van der Waals surface area contributed by atoms with E-state index in [-0.39, 0.29) is 22.6 Å². The molecule has 0 heterocycles. The molecule has 7 heteroatoms. The first-order chi connectivity index (χ1) is 15.8. The van der Waals surface area contributed by atoms with Crippen LogP contribution in [0.3, 0.4) is 0 Å². The van der Waals surface area contributed by atoms with E-state index in [1.54, 1.807) is 24.3 Å². The summed E-state index contributed by atoms with van der Waals surface area (Å²) in [7, 11) is 0. The number of carboxylic acids is 1. The summed E-state index contributed by atoms with van der Waals surface area (Å²) in [5, 5.41) is 14.6. The number of benzene rings is 3. The van der Waals surface area contributed by atoms with Gasteiger partial charge in [0, 0.05) is 21.8 Å². The summed E-state index contributed by atoms with van der Waals surface area (Å²) in [6.45, 7) is 5.70. The second kappa shape index (κ2) is 10.8. The Kier molecular flexibility index (Phi) is 7.90. The minimum Gasteiger partial charge on any atom is -0.478 e. The van der Waals surface area contributed by atoms with Gasteiger partial charge in [-0.2, -0.15) is 0 Å². The predicted molar refractivity (Wildman–Crippen MR) is 132 cm³/mol. The number of aryl methyl sites for hydroxylation is 2. The Labute approximate surface area is 197 Å². The first-order valence-electron chi connectivity index (χ1n) is 10.6. The van der Waals surface area contributed by atoms with Gasteiger partial charge in [-0.15, -0.1) is 11.8 Å². The zero-order chi connectivity index (χ0) is 24.0. The van der Waals surface area contributed by atoms with Crippen molar-refractivity contribution >= 4 is 40.9 Å². The molecule has 1 unspecified atom stereocenters. The molecule has 3 rings (SSSR count). The van der Waals surface area contributed by atoms with Crippen molar-refractivity contribution < 1.29 is 19.5 Å². The number of anilines is 2. The van der Waals surface area contributed by atoms with Crippen LogP contribution in [0, 0.1) is 13.8 Å². The maximum Gasteiger partial charge on any atom is 0.335 e. The lowest BCUT2D eigenvalue weighted by atomic mass is 10.1. The van der Waals surface area contributed by atoms with Gasteiger partial charge in [0.25, 0.3) is 5.91 Å². The molecule has 0 saturated carbocycles. The first kappa shape index (κ1) is 24.1. The molecule has 1 atom stereocenters. The molecule has 0 aromatic heterocycles. The van der Waals surface area contributed by atoms with Crippen LogP contribution in [0.5, 0.6) is 0 Å². The van der Waals surface area contributed by atoms with Crippen LogP contribution in [0.2, 0.25) is 0 Å². The third-order valence-electron chi connectivity index (χ3n) is 5.09. The number of carbonyl (C=O) groups is 3. The number of thioether (sulfide) groups is 1. The molecular weight excluding hydrogens is 436 g/mol. The number of carbonyl (C=O) groups excluding carboxylic acids is 2. The van der Waals surface area contributed by atoms with Crippen LogP contribution in [-0.4, -0.2) is 28.1 Å². The molecule has 0 aliphatic heterocycles. The van der Waals surface area contributed by atoms with E-state index < -0.39 is 5.97 Å². The molecule has 2 amide bonds. The molecule has 3 aromatic carbocycles. The minimum atomic E-state index is -1.04. The molecular formula is C26H26N2O4S. The summed E-state index contributed by atoms with van der Waals surface area (Å²) in [6, 6.07) is 19.3. The smallest absolute Gasteiger partial charge is 0.335 e. The molecule has 0 aliphatic rings. The van der Waals surface area contributed by atoms with Gasteiger partial charge >= 0.3 is 5.97 Å². The predicted octanol–water partition coefficient (Wildman–Crippen LogP) is 5.76. The van der Waals surface area contributed by atoms with Gasteiger partial charge in [0.15, 0.2) is 0 Å². The number of amides is 2. The van der Waals surface area contributed by atoms with Gasteiger partial charge in [-0.3, -0.25) is 9.59 Å². The Hall–Kier alpha value is -3.58. The first-order valence-corrected chi connectivity index (χ1v) is 11.4. The third kappa shape index (κ3) is 6.46. The number of aromatic carboxylic acids is 1. The van der Waals surface area contributed by atoms with E-state index in [1.165, 1.54) is 23.9 Å². The Balaban J connectivity index is 1.69. The van der Waals surface area contributed by atoms with Crippen LogP contribution >= 0.6 is 11.8 Å². The lowest BCUT2D eigenvalue weighted by Gasteiger charge is -2.17. The van der Waals surface area contributed by atoms with Gasteiger partial charge in [0.2, 0.25) is 5.91 Å². The fraction of sp³-hybridized carbons (Fsp3) is 0.192. The zero-order valence-electron chi connectivity index (χ0n) is 18.7. The highest BCUT2D eigenvalue weighted by Crippen LogP contribution is 2.29. The van der Waals surface area contributed by atoms with Crippen molar-refractivity contribution in [1.82, 2.24) is 0 Å². The van der Waals surface area contributed by atoms with Gasteiger partial charge in [0.1, 0.15) is 0 Å². The van der Waals surface area contributed by atoms with Crippen molar-refractivity contribution in [2.24, 2.45) is 0 Å². The summed E-state index contributed by atoms with van der Waals surface area (Å²) in [5.74, 6) is -1.45. The van der Waals surface area contributed by atoms with Gasteiger partial charge < -0.3 is 15.7 Å². The number of carboxylic acid groups (broad SMARTS) is 1. The molecule has 6 nitrogen and oxygen atoms in total. The van der Waals surface area contributed by atoms with E-state index in [4.69, 9.17) is 0 Å². The highest BCUT2D eigenvalue weighted by molar-refractivity contribution is 8.00. The van der Waals surface area contributed by atoms with Crippen LogP contribution in [0.4, 0.5) is 11.4 Å². The van der Waals surface area contributed by atoms with Crippen LogP contribution in [-0.2, 0) is 4.79 Å². The molecule has 0 spiro atoms. The van der Waals surface area contributed by atoms with Crippen LogP contribution in [0.1, 0.15) is 45.2 Å². The Morgan fingerprint density at radius 1 is 0.909 bits per heavy atom. The molecule has 3 N–H and O–H groups in total. The van der Waals surface area contributed by atoms with Gasteiger partial charge in [0.05, 0.1) is 10.8 Å². The van der Waals surface area contributed by atoms with E-state index in [1.807, 2.05) is 51.1 Å². The monoisotopic (exact) mass is 462 g/mol. The fourth-order valence-electron chi connectivity index (χ4n) is 3.14. The van der Waals surface area contributed by atoms with E-state index >= 15 is 0 Å². The summed E-state index contributed by atoms with van der Waals surface area (Å²) in [6.07, 6.45) is 0.578. The summed E-state index contributed by atoms with van der Waals surface area (Å²) >= 11 is 1.39. The molecule has 0 saturated heterocycles. The fourth-order valence-corrected chi connectivity index (χ4v) is 4.16. The highest BCUT2D eigenvalue weighted by Gasteiger charge is 2.20. The Bertz CT molecular complexity index is 1180. The van der Waals surface area contributed by atoms with E-state index in [0.717, 1.165) is 16.0 Å². The van der Waals surface area contributed by atoms with Crippen LogP contribution in [0.25, 0.3) is 0 Å². The second-order valence-electron chi connectivity index (χ2n) is 7.69. The van der Waals surface area contributed by atoms with Gasteiger partial charge in [-0.05, 0) is 68.3 Å². The van der Waals surface area contributed by atoms with Crippen molar-refractivity contribution in [2.45, 2.75) is 37.3 Å². The second-order valence-corrected chi connectivity index (χ2v) is 8.96. The van der Waals surface area contributed by atoms with Crippen molar-refractivity contribution in [1.29, 1.82) is 0 Å². The van der Waals surface area contributed by atoms with Crippen molar-refractivity contribution in [3.8, 4) is 0 Å². The molecule has 0 fully saturated rings. The minimum absolute atomic E-state index is 0.119. The average Bonchev–Trinajstić information content (AvgIpc) is 2.79. The van der Waals surface area contributed by atoms with Gasteiger partial charge in [-0.1, -0.05) is 36.8 Å². The van der Waals surface area contributed by atoms with Gasteiger partial charge in [-0.25, -0.2) is 4.79 Å². The maximum atomic E-state index is 12.9. The Morgan fingerprint density at radius 3 is 2.27 bits per heavy atom. The van der Waals surface area contributed by atoms with Crippen LogP contribution in [0.15, 0.2) is 71.6 Å². The normalized spacial score (nSPS) is 11.5. The van der Waals surface area contributed by atoms with Crippen LogP contribution < -0.4 is 10.6 Å². The van der Waals surface area contributed by atoms with E-state index in [0.29, 0.717) is 23.4 Å². The number of hydrogen-bond acceptors (Lipinski definition) is 4. The van der Waals surface area contributed by atoms with E-state index in [9.17, 15) is 19.5 Å². The topological polar surface area (TPSA) is 95.5 Å². The lowest BCUT2D eigenvalue weighted by molar-refractivity contribution is -0.115. The molecule has 0 aliphatic carbocycles. The summed E-state index contributed by atoms with van der Waals surface area (Å²) in [4.78, 5) is 37.5. The highest BCUT2D eigenvalue weighted by atomic mass is 32.2. The summed E-state index contributed by atoms with van der Waals surface area (Å²) < 4.78 is 0. The van der Waals surface area contributed by atoms with E-state index in [2.05, 4.69) is 10.6 Å². The third-order valence-corrected chi connectivity index (χ3v) is 6.45. The van der Waals surface area contributed by atoms with Crippen molar-refractivity contribution in [3.05, 3.63) is 89.0 Å². The van der Waals surface area contributed by atoms with Crippen molar-refractivity contribution in [3.63, 3.8) is 0 Å². The number of nitrogens with one attached hydrogen (secondary N) is 2.